The molecule has 0 aliphatic carbocycles. The van der Waals surface area contributed by atoms with Gasteiger partial charge in [0.25, 0.3) is 0 Å². The zero-order valence-electron chi connectivity index (χ0n) is 18.0. The number of hydrogen-bond donors (Lipinski definition) is 1. The van der Waals surface area contributed by atoms with Gasteiger partial charge in [0.05, 0.1) is 6.04 Å². The molecule has 1 aliphatic rings. The van der Waals surface area contributed by atoms with E-state index in [1.807, 2.05) is 43.3 Å². The zero-order chi connectivity index (χ0) is 22.5. The van der Waals surface area contributed by atoms with E-state index in [0.29, 0.717) is 36.9 Å². The van der Waals surface area contributed by atoms with E-state index in [-0.39, 0.29) is 6.04 Å². The van der Waals surface area contributed by atoms with Crippen molar-refractivity contribution < 1.29 is 9.59 Å². The molecule has 164 valence electrons. The molecule has 2 amide bonds. The van der Waals surface area contributed by atoms with Gasteiger partial charge in [-0.05, 0) is 35.7 Å². The van der Waals surface area contributed by atoms with Crippen LogP contribution in [0.3, 0.4) is 0 Å². The number of carbonyl (C=O) groups is 2. The van der Waals surface area contributed by atoms with Gasteiger partial charge in [0.15, 0.2) is 0 Å². The van der Waals surface area contributed by atoms with Gasteiger partial charge in [0.1, 0.15) is 0 Å². The Morgan fingerprint density at radius 3 is 1.94 bits per heavy atom. The number of piperazine rings is 1. The minimum atomic E-state index is -0.633. The van der Waals surface area contributed by atoms with Crippen molar-refractivity contribution >= 4 is 29.1 Å². The molecule has 3 aromatic carbocycles. The van der Waals surface area contributed by atoms with Gasteiger partial charge in [0.2, 0.25) is 0 Å². The molecule has 0 unspecified atom stereocenters. The number of hydrogen-bond acceptors (Lipinski definition) is 3. The summed E-state index contributed by atoms with van der Waals surface area (Å²) in [6.07, 6.45) is 0. The van der Waals surface area contributed by atoms with Crippen LogP contribution in [-0.4, -0.2) is 47.8 Å². The van der Waals surface area contributed by atoms with Crippen LogP contribution in [0.15, 0.2) is 78.9 Å². The quantitative estimate of drug-likeness (QED) is 0.598. The number of anilines is 1. The average Bonchev–Trinajstić information content (AvgIpc) is 2.83. The molecule has 0 aromatic heterocycles. The first-order valence-electron chi connectivity index (χ1n) is 10.7. The normalized spacial score (nSPS) is 14.4. The molecule has 5 nitrogen and oxygen atoms in total. The van der Waals surface area contributed by atoms with Gasteiger partial charge in [-0.1, -0.05) is 78.3 Å². The predicted molar refractivity (Wildman–Crippen MR) is 128 cm³/mol. The summed E-state index contributed by atoms with van der Waals surface area (Å²) < 4.78 is 0. The summed E-state index contributed by atoms with van der Waals surface area (Å²) in [5.74, 6) is -1.15. The van der Waals surface area contributed by atoms with Gasteiger partial charge in [-0.25, -0.2) is 0 Å². The Labute approximate surface area is 193 Å². The van der Waals surface area contributed by atoms with Crippen LogP contribution < -0.4 is 5.32 Å². The molecule has 0 radical (unpaired) electrons. The second kappa shape index (κ2) is 9.98. The second-order valence-corrected chi connectivity index (χ2v) is 8.33. The third-order valence-corrected chi connectivity index (χ3v) is 6.32. The lowest BCUT2D eigenvalue weighted by molar-refractivity contribution is -0.144. The molecular formula is C26H26ClN3O2. The van der Waals surface area contributed by atoms with Crippen LogP contribution in [0.5, 0.6) is 0 Å². The molecule has 0 bridgehead atoms. The van der Waals surface area contributed by atoms with Gasteiger partial charge in [0, 0.05) is 36.9 Å². The second-order valence-electron chi connectivity index (χ2n) is 7.92. The van der Waals surface area contributed by atoms with Crippen molar-refractivity contribution in [3.05, 3.63) is 101 Å². The van der Waals surface area contributed by atoms with E-state index in [1.165, 1.54) is 11.1 Å². The lowest BCUT2D eigenvalue weighted by Crippen LogP contribution is -2.52. The Morgan fingerprint density at radius 1 is 0.812 bits per heavy atom. The predicted octanol–water partition coefficient (Wildman–Crippen LogP) is 4.52. The fourth-order valence-electron chi connectivity index (χ4n) is 4.13. The molecule has 32 heavy (non-hydrogen) atoms. The third-order valence-electron chi connectivity index (χ3n) is 5.91. The molecule has 6 heteroatoms. The van der Waals surface area contributed by atoms with Crippen LogP contribution in [0.1, 0.15) is 22.7 Å². The number of nitrogens with one attached hydrogen (secondary N) is 1. The summed E-state index contributed by atoms with van der Waals surface area (Å²) in [5, 5.41) is 3.26. The van der Waals surface area contributed by atoms with E-state index in [2.05, 4.69) is 34.5 Å². The lowest BCUT2D eigenvalue weighted by atomic mass is 9.96. The minimum Gasteiger partial charge on any atom is -0.332 e. The molecule has 0 spiro atoms. The Bertz CT molecular complexity index is 1040. The molecule has 1 fully saturated rings. The maximum absolute atomic E-state index is 12.8. The lowest BCUT2D eigenvalue weighted by Gasteiger charge is -2.39. The standard InChI is InChI=1S/C26H26ClN3O2/c1-19-22(27)13-8-14-23(19)28-25(31)26(32)30-17-15-29(16-18-30)24(20-9-4-2-5-10-20)21-11-6-3-7-12-21/h2-14,24H,15-18H2,1H3,(H,28,31). The number of carbonyl (C=O) groups excluding carboxylic acids is 2. The molecule has 0 saturated carbocycles. The maximum Gasteiger partial charge on any atom is 0.313 e. The Morgan fingerprint density at radius 2 is 1.38 bits per heavy atom. The van der Waals surface area contributed by atoms with Crippen LogP contribution in [0.2, 0.25) is 5.02 Å². The smallest absolute Gasteiger partial charge is 0.313 e. The molecule has 1 N–H and O–H groups in total. The van der Waals surface area contributed by atoms with Crippen molar-refractivity contribution in [1.82, 2.24) is 9.80 Å². The van der Waals surface area contributed by atoms with Crippen molar-refractivity contribution in [2.24, 2.45) is 0 Å². The Hall–Kier alpha value is -3.15. The fourth-order valence-corrected chi connectivity index (χ4v) is 4.30. The Kier molecular flexibility index (Phi) is 6.88. The van der Waals surface area contributed by atoms with Crippen molar-refractivity contribution in [2.75, 3.05) is 31.5 Å². The minimum absolute atomic E-state index is 0.109. The van der Waals surface area contributed by atoms with Crippen molar-refractivity contribution in [3.8, 4) is 0 Å². The highest BCUT2D eigenvalue weighted by atomic mass is 35.5. The number of amides is 2. The van der Waals surface area contributed by atoms with Crippen LogP contribution in [-0.2, 0) is 9.59 Å². The van der Waals surface area contributed by atoms with Gasteiger partial charge in [-0.15, -0.1) is 0 Å². The fraction of sp³-hybridized carbons (Fsp3) is 0.231. The van der Waals surface area contributed by atoms with Gasteiger partial charge < -0.3 is 10.2 Å². The van der Waals surface area contributed by atoms with Crippen LogP contribution >= 0.6 is 11.6 Å². The highest BCUT2D eigenvalue weighted by Crippen LogP contribution is 2.29. The van der Waals surface area contributed by atoms with E-state index in [9.17, 15) is 9.59 Å². The zero-order valence-corrected chi connectivity index (χ0v) is 18.8. The summed E-state index contributed by atoms with van der Waals surface area (Å²) in [4.78, 5) is 29.3. The molecule has 0 atom stereocenters. The number of benzene rings is 3. The number of rotatable bonds is 4. The highest BCUT2D eigenvalue weighted by molar-refractivity contribution is 6.40. The summed E-state index contributed by atoms with van der Waals surface area (Å²) in [5.41, 5.74) is 3.73. The maximum atomic E-state index is 12.8. The van der Waals surface area contributed by atoms with Crippen molar-refractivity contribution in [3.63, 3.8) is 0 Å². The Balaban J connectivity index is 1.43. The monoisotopic (exact) mass is 447 g/mol. The largest absolute Gasteiger partial charge is 0.332 e. The summed E-state index contributed by atoms with van der Waals surface area (Å²) in [6.45, 7) is 4.18. The molecule has 3 aromatic rings. The van der Waals surface area contributed by atoms with E-state index in [0.717, 1.165) is 5.56 Å². The summed E-state index contributed by atoms with van der Waals surface area (Å²) in [6, 6.07) is 26.1. The van der Waals surface area contributed by atoms with Crippen LogP contribution in [0, 0.1) is 6.92 Å². The average molecular weight is 448 g/mol. The van der Waals surface area contributed by atoms with E-state index < -0.39 is 11.8 Å². The first-order chi connectivity index (χ1) is 15.5. The molecule has 4 rings (SSSR count). The summed E-state index contributed by atoms with van der Waals surface area (Å²) >= 11 is 6.12. The SMILES string of the molecule is Cc1c(Cl)cccc1NC(=O)C(=O)N1CCN(C(c2ccccc2)c2ccccc2)CC1. The topological polar surface area (TPSA) is 52.7 Å². The molecule has 1 heterocycles. The molecule has 1 saturated heterocycles. The number of halogens is 1. The summed E-state index contributed by atoms with van der Waals surface area (Å²) in [7, 11) is 0. The van der Waals surface area contributed by atoms with E-state index in [1.54, 1.807) is 23.1 Å². The first kappa shape index (κ1) is 22.1. The van der Waals surface area contributed by atoms with Crippen LogP contribution in [0.25, 0.3) is 0 Å². The van der Waals surface area contributed by atoms with Crippen LogP contribution in [0.4, 0.5) is 5.69 Å². The van der Waals surface area contributed by atoms with E-state index >= 15 is 0 Å². The van der Waals surface area contributed by atoms with Gasteiger partial charge in [-0.3, -0.25) is 14.5 Å². The molecule has 1 aliphatic heterocycles. The highest BCUT2D eigenvalue weighted by Gasteiger charge is 2.30. The third kappa shape index (κ3) is 4.85. The van der Waals surface area contributed by atoms with Gasteiger partial charge in [-0.2, -0.15) is 0 Å². The van der Waals surface area contributed by atoms with Gasteiger partial charge >= 0.3 is 11.8 Å². The van der Waals surface area contributed by atoms with E-state index in [4.69, 9.17) is 11.6 Å². The number of nitrogens with zero attached hydrogens (tertiary/aromatic N) is 2. The van der Waals surface area contributed by atoms with Crippen molar-refractivity contribution in [2.45, 2.75) is 13.0 Å². The van der Waals surface area contributed by atoms with Crippen molar-refractivity contribution in [1.29, 1.82) is 0 Å². The first-order valence-corrected chi connectivity index (χ1v) is 11.1. The molecular weight excluding hydrogens is 422 g/mol.